The number of ether oxygens (including phenoxy) is 1. The number of alkyl halides is 4. The first-order valence-electron chi connectivity index (χ1n) is 4.69. The van der Waals surface area contributed by atoms with Gasteiger partial charge in [-0.1, -0.05) is 28.1 Å². The van der Waals surface area contributed by atoms with Gasteiger partial charge in [-0.2, -0.15) is 13.2 Å². The van der Waals surface area contributed by atoms with Crippen LogP contribution in [0.1, 0.15) is 22.4 Å². The average molecular weight is 297 g/mol. The monoisotopic (exact) mass is 296 g/mol. The predicted octanol–water partition coefficient (Wildman–Crippen LogP) is 4.39. The Kier molecular flexibility index (Phi) is 4.24. The first-order chi connectivity index (χ1) is 7.33. The van der Waals surface area contributed by atoms with Crippen molar-refractivity contribution in [2.75, 3.05) is 7.11 Å². The van der Waals surface area contributed by atoms with Crippen LogP contribution < -0.4 is 4.74 Å². The van der Waals surface area contributed by atoms with Crippen molar-refractivity contribution < 1.29 is 17.9 Å². The number of rotatable bonds is 3. The minimum atomic E-state index is -4.16. The molecule has 0 aliphatic carbocycles. The quantitative estimate of drug-likeness (QED) is 0.752. The molecule has 0 aromatic heterocycles. The van der Waals surface area contributed by atoms with E-state index in [1.807, 2.05) is 0 Å². The highest BCUT2D eigenvalue weighted by atomic mass is 79.9. The van der Waals surface area contributed by atoms with Crippen LogP contribution in [0.5, 0.6) is 5.75 Å². The second-order valence-corrected chi connectivity index (χ2v) is 4.62. The number of methoxy groups -OCH3 is 1. The van der Waals surface area contributed by atoms with Crippen LogP contribution in [0.25, 0.3) is 0 Å². The van der Waals surface area contributed by atoms with Crippen molar-refractivity contribution >= 4 is 15.9 Å². The van der Waals surface area contributed by atoms with Gasteiger partial charge >= 0.3 is 6.18 Å². The van der Waals surface area contributed by atoms with Gasteiger partial charge < -0.3 is 4.74 Å². The Morgan fingerprint density at radius 1 is 1.38 bits per heavy atom. The van der Waals surface area contributed by atoms with Crippen LogP contribution in [0.15, 0.2) is 18.2 Å². The molecule has 0 bridgehead atoms. The van der Waals surface area contributed by atoms with Crippen LogP contribution >= 0.6 is 15.9 Å². The van der Waals surface area contributed by atoms with E-state index in [2.05, 4.69) is 15.9 Å². The average Bonchev–Trinajstić information content (AvgIpc) is 2.15. The van der Waals surface area contributed by atoms with Crippen molar-refractivity contribution in [1.29, 1.82) is 0 Å². The molecule has 0 amide bonds. The Bertz CT molecular complexity index is 363. The third kappa shape index (κ3) is 3.70. The first kappa shape index (κ1) is 13.4. The molecule has 0 fully saturated rings. The smallest absolute Gasteiger partial charge is 0.390 e. The molecule has 0 heterocycles. The molecule has 0 N–H and O–H groups in total. The number of halogens is 4. The molecule has 0 aliphatic heterocycles. The molecule has 0 saturated heterocycles. The molecule has 1 nitrogen and oxygen atoms in total. The SMILES string of the molecule is COc1ccc(C(Br)CC(F)(F)F)cc1C. The molecule has 0 saturated carbocycles. The van der Waals surface area contributed by atoms with Crippen molar-refractivity contribution in [3.63, 3.8) is 0 Å². The lowest BCUT2D eigenvalue weighted by Gasteiger charge is -2.14. The van der Waals surface area contributed by atoms with Gasteiger partial charge in [-0.25, -0.2) is 0 Å². The molecule has 1 aromatic rings. The Labute approximate surface area is 101 Å². The minimum Gasteiger partial charge on any atom is -0.496 e. The summed E-state index contributed by atoms with van der Waals surface area (Å²) in [5.41, 5.74) is 1.43. The zero-order valence-electron chi connectivity index (χ0n) is 8.94. The third-order valence-corrected chi connectivity index (χ3v) is 3.04. The Morgan fingerprint density at radius 2 is 2.00 bits per heavy atom. The molecular weight excluding hydrogens is 285 g/mol. The van der Waals surface area contributed by atoms with E-state index >= 15 is 0 Å². The van der Waals surface area contributed by atoms with Crippen molar-refractivity contribution in [1.82, 2.24) is 0 Å². The van der Waals surface area contributed by atoms with E-state index < -0.39 is 17.4 Å². The maximum Gasteiger partial charge on any atom is 0.390 e. The molecule has 1 unspecified atom stereocenters. The highest BCUT2D eigenvalue weighted by Crippen LogP contribution is 2.36. The summed E-state index contributed by atoms with van der Waals surface area (Å²) in [6.07, 6.45) is -5.04. The second-order valence-electron chi connectivity index (χ2n) is 3.52. The lowest BCUT2D eigenvalue weighted by Crippen LogP contribution is -2.10. The zero-order valence-corrected chi connectivity index (χ0v) is 10.5. The summed E-state index contributed by atoms with van der Waals surface area (Å²) in [5, 5.41) is 0. The van der Waals surface area contributed by atoms with Crippen LogP contribution in [0.3, 0.4) is 0 Å². The van der Waals surface area contributed by atoms with Gasteiger partial charge in [0.05, 0.1) is 13.5 Å². The van der Waals surface area contributed by atoms with Crippen molar-refractivity contribution in [2.45, 2.75) is 24.3 Å². The fourth-order valence-electron chi connectivity index (χ4n) is 1.42. The molecule has 5 heteroatoms. The summed E-state index contributed by atoms with van der Waals surface area (Å²) in [5.74, 6) is 0.676. The van der Waals surface area contributed by atoms with E-state index in [9.17, 15) is 13.2 Å². The van der Waals surface area contributed by atoms with E-state index in [4.69, 9.17) is 4.74 Å². The van der Waals surface area contributed by atoms with Gasteiger partial charge in [-0.3, -0.25) is 0 Å². The van der Waals surface area contributed by atoms with Crippen molar-refractivity contribution in [3.8, 4) is 5.75 Å². The molecule has 1 atom stereocenters. The topological polar surface area (TPSA) is 9.23 Å². The molecule has 16 heavy (non-hydrogen) atoms. The van der Waals surface area contributed by atoms with Gasteiger partial charge in [-0.15, -0.1) is 0 Å². The number of hydrogen-bond acceptors (Lipinski definition) is 1. The molecular formula is C11H12BrF3O. The summed E-state index contributed by atoms with van der Waals surface area (Å²) >= 11 is 3.04. The van der Waals surface area contributed by atoms with Crippen LogP contribution in [-0.4, -0.2) is 13.3 Å². The molecule has 0 aliphatic rings. The van der Waals surface area contributed by atoms with Crippen LogP contribution in [-0.2, 0) is 0 Å². The van der Waals surface area contributed by atoms with E-state index in [0.29, 0.717) is 11.3 Å². The van der Waals surface area contributed by atoms with Gasteiger partial charge in [-0.05, 0) is 24.1 Å². The van der Waals surface area contributed by atoms with Crippen molar-refractivity contribution in [3.05, 3.63) is 29.3 Å². The highest BCUT2D eigenvalue weighted by Gasteiger charge is 2.31. The van der Waals surface area contributed by atoms with Crippen LogP contribution in [0, 0.1) is 6.92 Å². The highest BCUT2D eigenvalue weighted by molar-refractivity contribution is 9.09. The van der Waals surface area contributed by atoms with Gasteiger partial charge in [0.15, 0.2) is 0 Å². The van der Waals surface area contributed by atoms with E-state index in [-0.39, 0.29) is 0 Å². The van der Waals surface area contributed by atoms with E-state index in [1.54, 1.807) is 25.1 Å². The summed E-state index contributed by atoms with van der Waals surface area (Å²) in [6.45, 7) is 1.80. The lowest BCUT2D eigenvalue weighted by atomic mass is 10.1. The number of hydrogen-bond donors (Lipinski definition) is 0. The van der Waals surface area contributed by atoms with Gasteiger partial charge in [0.2, 0.25) is 0 Å². The summed E-state index contributed by atoms with van der Waals surface area (Å²) in [4.78, 5) is -0.711. The second kappa shape index (κ2) is 5.08. The zero-order chi connectivity index (χ0) is 12.3. The fourth-order valence-corrected chi connectivity index (χ4v) is 2.07. The normalized spacial score (nSPS) is 13.6. The van der Waals surface area contributed by atoms with Crippen molar-refractivity contribution in [2.24, 2.45) is 0 Å². The van der Waals surface area contributed by atoms with Crippen LogP contribution in [0.4, 0.5) is 13.2 Å². The maximum absolute atomic E-state index is 12.2. The van der Waals surface area contributed by atoms with Gasteiger partial charge in [0.1, 0.15) is 5.75 Å². The maximum atomic E-state index is 12.2. The minimum absolute atomic E-state index is 0.607. The molecule has 90 valence electrons. The van der Waals surface area contributed by atoms with E-state index in [1.165, 1.54) is 7.11 Å². The molecule has 1 aromatic carbocycles. The largest absolute Gasteiger partial charge is 0.496 e. The van der Waals surface area contributed by atoms with E-state index in [0.717, 1.165) is 5.56 Å². The van der Waals surface area contributed by atoms with Crippen LogP contribution in [0.2, 0.25) is 0 Å². The standard InChI is InChI=1S/C11H12BrF3O/c1-7-5-8(3-4-10(7)16-2)9(12)6-11(13,14)15/h3-5,9H,6H2,1-2H3. The predicted molar refractivity (Wildman–Crippen MR) is 60.1 cm³/mol. The van der Waals surface area contributed by atoms with Gasteiger partial charge in [0, 0.05) is 4.83 Å². The summed E-state index contributed by atoms with van der Waals surface area (Å²) in [7, 11) is 1.53. The molecule has 1 rings (SSSR count). The molecule has 0 radical (unpaired) electrons. The number of aryl methyl sites for hydroxylation is 1. The fraction of sp³-hybridized carbons (Fsp3) is 0.455. The Hall–Kier alpha value is -0.710. The lowest BCUT2D eigenvalue weighted by molar-refractivity contribution is -0.134. The summed E-state index contributed by atoms with van der Waals surface area (Å²) in [6, 6.07) is 5.01. The number of benzene rings is 1. The van der Waals surface area contributed by atoms with Gasteiger partial charge in [0.25, 0.3) is 0 Å². The Balaban J connectivity index is 2.85. The third-order valence-electron chi connectivity index (χ3n) is 2.19. The molecule has 0 spiro atoms. The Morgan fingerprint density at radius 3 is 2.44 bits per heavy atom. The summed E-state index contributed by atoms with van der Waals surface area (Å²) < 4.78 is 41.6. The first-order valence-corrected chi connectivity index (χ1v) is 5.60.